The SMILES string of the molecule is C1CCNC1.CC[C@@]1(O)C(=O)OCc2c1cc1n(c2=O)Cc2c-1nc1ccccc1c2CC[Si](C)(C)CI.CC[C@@]1(O)C(=O)OCc2c1cc1n(c2=O)Cc2c-1nc1ccccc1c2CC[Si](C)(C)CN1CCCC1. The summed E-state index contributed by atoms with van der Waals surface area (Å²) >= 11 is 2.50. The molecule has 6 aliphatic rings. The summed E-state index contributed by atoms with van der Waals surface area (Å²) in [6.07, 6.45) is 8.83. The molecule has 396 valence electrons. The summed E-state index contributed by atoms with van der Waals surface area (Å²) in [5, 5.41) is 27.8. The predicted octanol–water partition coefficient (Wildman–Crippen LogP) is 8.64. The van der Waals surface area contributed by atoms with Crippen LogP contribution in [0.15, 0.2) is 70.3 Å². The highest BCUT2D eigenvalue weighted by atomic mass is 127. The molecule has 0 aliphatic carbocycles. The van der Waals surface area contributed by atoms with Crippen LogP contribution >= 0.6 is 22.6 Å². The number of alkyl halides is 1. The third kappa shape index (κ3) is 9.92. The molecular formula is C58H71IN6O8Si2. The highest BCUT2D eigenvalue weighted by molar-refractivity contribution is 14.1. The second-order valence-corrected chi connectivity index (χ2v) is 35.5. The molecule has 2 saturated heterocycles. The molecule has 6 aromatic rings. The van der Waals surface area contributed by atoms with E-state index in [0.717, 1.165) is 63.2 Å². The third-order valence-electron chi connectivity index (χ3n) is 16.7. The number of aliphatic hydroxyl groups is 2. The van der Waals surface area contributed by atoms with E-state index >= 15 is 0 Å². The number of pyridine rings is 4. The number of halogens is 1. The largest absolute Gasteiger partial charge is 0.458 e. The maximum Gasteiger partial charge on any atom is 0.343 e. The number of nitrogens with zero attached hydrogens (tertiary/aromatic N) is 5. The molecule has 2 fully saturated rings. The van der Waals surface area contributed by atoms with Crippen LogP contribution < -0.4 is 16.4 Å². The van der Waals surface area contributed by atoms with Crippen LogP contribution in [0.2, 0.25) is 38.3 Å². The van der Waals surface area contributed by atoms with Crippen LogP contribution in [0, 0.1) is 0 Å². The monoisotopic (exact) mass is 1160 g/mol. The van der Waals surface area contributed by atoms with Crippen molar-refractivity contribution in [3.8, 4) is 22.8 Å². The molecular weight excluding hydrogens is 1090 g/mol. The zero-order chi connectivity index (χ0) is 53.0. The average Bonchev–Trinajstić information content (AvgIpc) is 4.35. The van der Waals surface area contributed by atoms with Gasteiger partial charge in [-0.05, 0) is 123 Å². The number of ether oxygens (including phenoxy) is 2. The number of benzene rings is 2. The normalized spacial score (nSPS) is 20.5. The number of aryl methyl sites for hydroxylation is 2. The Hall–Kier alpha value is -4.90. The Morgan fingerprint density at radius 1 is 0.640 bits per heavy atom. The van der Waals surface area contributed by atoms with Gasteiger partial charge in [0.15, 0.2) is 11.2 Å². The molecule has 0 saturated carbocycles. The molecule has 3 N–H and O–H groups in total. The summed E-state index contributed by atoms with van der Waals surface area (Å²) < 4.78 is 15.1. The van der Waals surface area contributed by atoms with Crippen LogP contribution in [0.5, 0.6) is 0 Å². The molecule has 6 aliphatic heterocycles. The Bertz CT molecular complexity index is 3360. The topological polar surface area (TPSA) is 178 Å². The Labute approximate surface area is 454 Å². The number of carbonyl (C=O) groups is 2. The predicted molar refractivity (Wildman–Crippen MR) is 308 cm³/mol. The maximum atomic E-state index is 13.6. The smallest absolute Gasteiger partial charge is 0.343 e. The van der Waals surface area contributed by atoms with E-state index in [1.54, 1.807) is 29.0 Å². The molecule has 14 nitrogen and oxygen atoms in total. The van der Waals surface area contributed by atoms with Gasteiger partial charge in [-0.25, -0.2) is 19.6 Å². The van der Waals surface area contributed by atoms with Crippen molar-refractivity contribution in [2.75, 3.05) is 36.4 Å². The van der Waals surface area contributed by atoms with Crippen LogP contribution in [0.4, 0.5) is 0 Å². The summed E-state index contributed by atoms with van der Waals surface area (Å²) in [4.78, 5) is 64.6. The van der Waals surface area contributed by atoms with Crippen molar-refractivity contribution in [1.82, 2.24) is 29.3 Å². The van der Waals surface area contributed by atoms with E-state index < -0.39 is 39.3 Å². The van der Waals surface area contributed by atoms with Crippen LogP contribution in [0.25, 0.3) is 44.6 Å². The number of aromatic nitrogens is 4. The minimum atomic E-state index is -1.81. The van der Waals surface area contributed by atoms with Crippen LogP contribution in [-0.2, 0) is 69.4 Å². The Kier molecular flexibility index (Phi) is 15.1. The quantitative estimate of drug-likeness (QED) is 0.0487. The Morgan fingerprint density at radius 2 is 1.08 bits per heavy atom. The average molecular weight is 1160 g/mol. The van der Waals surface area contributed by atoms with Gasteiger partial charge in [0.05, 0.1) is 74.2 Å². The number of fused-ring (bicyclic) bond motifs is 10. The fourth-order valence-electron chi connectivity index (χ4n) is 12.0. The fraction of sp³-hybridized carbons (Fsp3) is 0.483. The van der Waals surface area contributed by atoms with Crippen molar-refractivity contribution >= 4 is 72.5 Å². The van der Waals surface area contributed by atoms with Gasteiger partial charge in [-0.15, -0.1) is 0 Å². The van der Waals surface area contributed by atoms with E-state index in [2.05, 4.69) is 77.2 Å². The van der Waals surface area contributed by atoms with Crippen molar-refractivity contribution < 1.29 is 29.3 Å². The molecule has 10 heterocycles. The summed E-state index contributed by atoms with van der Waals surface area (Å²) in [5.74, 6) is -1.39. The maximum absolute atomic E-state index is 13.6. The van der Waals surface area contributed by atoms with Gasteiger partial charge in [0.2, 0.25) is 0 Å². The lowest BCUT2D eigenvalue weighted by atomic mass is 9.86. The van der Waals surface area contributed by atoms with E-state index in [4.69, 9.17) is 19.4 Å². The highest BCUT2D eigenvalue weighted by Crippen LogP contribution is 2.43. The summed E-state index contributed by atoms with van der Waals surface area (Å²) in [6, 6.07) is 22.3. The van der Waals surface area contributed by atoms with Gasteiger partial charge in [-0.1, -0.05) is 111 Å². The number of rotatable bonds is 11. The lowest BCUT2D eigenvalue weighted by Gasteiger charge is -2.31. The zero-order valence-corrected chi connectivity index (χ0v) is 48.5. The van der Waals surface area contributed by atoms with E-state index in [1.165, 1.54) is 79.3 Å². The zero-order valence-electron chi connectivity index (χ0n) is 44.4. The molecule has 75 heavy (non-hydrogen) atoms. The van der Waals surface area contributed by atoms with Crippen LogP contribution in [-0.4, -0.2) is 98.7 Å². The van der Waals surface area contributed by atoms with Crippen molar-refractivity contribution in [2.45, 2.75) is 141 Å². The van der Waals surface area contributed by atoms with Crippen molar-refractivity contribution in [3.05, 3.63) is 126 Å². The molecule has 17 heteroatoms. The van der Waals surface area contributed by atoms with Gasteiger partial charge >= 0.3 is 11.9 Å². The number of esters is 2. The molecule has 2 atom stereocenters. The number of hydrogen-bond donors (Lipinski definition) is 3. The first-order chi connectivity index (χ1) is 35.9. The highest BCUT2D eigenvalue weighted by Gasteiger charge is 2.47. The number of nitrogens with one attached hydrogen (secondary N) is 1. The molecule has 0 spiro atoms. The first-order valence-electron chi connectivity index (χ1n) is 27.1. The van der Waals surface area contributed by atoms with Crippen molar-refractivity contribution in [1.29, 1.82) is 0 Å². The molecule has 12 rings (SSSR count). The van der Waals surface area contributed by atoms with Crippen molar-refractivity contribution in [2.24, 2.45) is 0 Å². The standard InChI is InChI=1S/C29H35N3O4Si.C25H27IN2O4Si.C4H9N/c1-4-29(35)23-15-25-26-21(16-32(25)27(33)22(23)17-36-28(29)34)19(20-9-5-6-10-24(20)30-26)11-14-37(2,3)18-31-12-7-8-13-31;1-4-25(31)19-11-21-22-17(12-28(21)23(29)18(19)13-32-24(25)30)15(9-10-33(2,3)14-26)16-7-5-6-8-20(16)27-22;1-2-4-5-3-1/h5-6,9-10,15,35H,4,7-8,11-14,16-18H2,1-3H3;5-8,11,31H,4,9-10,12-14H2,1-3H3;5H,1-4H2/t29-;25-;/m00./s1. The first kappa shape index (κ1) is 53.5. The summed E-state index contributed by atoms with van der Waals surface area (Å²) in [5.41, 5.74) is 6.91. The number of para-hydroxylation sites is 2. The van der Waals surface area contributed by atoms with E-state index in [9.17, 15) is 29.4 Å². The molecule has 0 unspecified atom stereocenters. The number of carbonyl (C=O) groups excluding carboxylic acids is 2. The molecule has 0 radical (unpaired) electrons. The van der Waals surface area contributed by atoms with Gasteiger partial charge in [0, 0.05) is 33.0 Å². The molecule has 0 bridgehead atoms. The summed E-state index contributed by atoms with van der Waals surface area (Å²) in [7, 11) is -2.78. The van der Waals surface area contributed by atoms with E-state index in [1.807, 2.05) is 36.4 Å². The van der Waals surface area contributed by atoms with E-state index in [0.29, 0.717) is 46.7 Å². The third-order valence-corrected chi connectivity index (χ3v) is 28.1. The van der Waals surface area contributed by atoms with Crippen molar-refractivity contribution in [3.63, 3.8) is 0 Å². The molecule has 0 amide bonds. The second kappa shape index (κ2) is 21.1. The Morgan fingerprint density at radius 3 is 1.49 bits per heavy atom. The number of cyclic esters (lactones) is 2. The van der Waals surface area contributed by atoms with Gasteiger partial charge in [0.25, 0.3) is 11.1 Å². The second-order valence-electron chi connectivity index (χ2n) is 23.0. The van der Waals surface area contributed by atoms with Crippen LogP contribution in [0.1, 0.15) is 96.9 Å². The molecule has 2 aromatic carbocycles. The van der Waals surface area contributed by atoms with Gasteiger partial charge < -0.3 is 39.0 Å². The van der Waals surface area contributed by atoms with Gasteiger partial charge in [-0.3, -0.25) is 9.59 Å². The van der Waals surface area contributed by atoms with Gasteiger partial charge in [0.1, 0.15) is 13.2 Å². The lowest BCUT2D eigenvalue weighted by molar-refractivity contribution is -0.172. The summed E-state index contributed by atoms with van der Waals surface area (Å²) in [6.45, 7) is 18.9. The van der Waals surface area contributed by atoms with Crippen LogP contribution in [0.3, 0.4) is 0 Å². The van der Waals surface area contributed by atoms with E-state index in [-0.39, 0.29) is 37.2 Å². The van der Waals surface area contributed by atoms with Gasteiger partial charge in [-0.2, -0.15) is 0 Å². The Balaban J connectivity index is 0.000000157. The minimum absolute atomic E-state index is 0.107. The molecule has 4 aromatic heterocycles. The lowest BCUT2D eigenvalue weighted by Crippen LogP contribution is -2.44. The number of hydrogen-bond acceptors (Lipinski definition) is 12. The first-order valence-corrected chi connectivity index (χ1v) is 35.4. The number of likely N-dealkylation sites (tertiary alicyclic amines) is 1. The fourth-order valence-corrected chi connectivity index (χ4v) is 16.9. The minimum Gasteiger partial charge on any atom is -0.458 e.